The minimum absolute atomic E-state index is 0.158. The molecule has 0 spiro atoms. The number of aliphatic hydroxyl groups excluding tert-OH is 1. The third-order valence-corrected chi connectivity index (χ3v) is 4.61. The number of β-amino-alcohol motifs (C(OH)–C–C–N with tert-alkyl or cyclic N) is 1. The summed E-state index contributed by atoms with van der Waals surface area (Å²) >= 11 is 0. The van der Waals surface area contributed by atoms with Gasteiger partial charge in [-0.2, -0.15) is 0 Å². The standard InChI is InChI=1S/C17H20FN3O3/c1-19-13(7-16(23)20(2)17(19)24)9-21-10-14(22)8-15(21)11-4-3-5-12(18)6-11/h3-7,14-15,22H,8-10H2,1-2H3/t14-,15+/m0/s1. The van der Waals surface area contributed by atoms with E-state index < -0.39 is 6.10 Å². The van der Waals surface area contributed by atoms with Crippen LogP contribution in [0, 0.1) is 5.82 Å². The van der Waals surface area contributed by atoms with E-state index >= 15 is 0 Å². The minimum Gasteiger partial charge on any atom is -0.392 e. The van der Waals surface area contributed by atoms with Crippen molar-refractivity contribution in [2.24, 2.45) is 14.1 Å². The number of benzene rings is 1. The molecule has 2 heterocycles. The van der Waals surface area contributed by atoms with E-state index in [-0.39, 0.29) is 23.1 Å². The first-order chi connectivity index (χ1) is 11.4. The fraction of sp³-hybridized carbons (Fsp3) is 0.412. The Morgan fingerprint density at radius 3 is 2.67 bits per heavy atom. The maximum absolute atomic E-state index is 13.5. The average molecular weight is 333 g/mol. The second-order valence-electron chi connectivity index (χ2n) is 6.26. The third kappa shape index (κ3) is 3.05. The van der Waals surface area contributed by atoms with Gasteiger partial charge in [-0.1, -0.05) is 12.1 Å². The van der Waals surface area contributed by atoms with Gasteiger partial charge in [-0.05, 0) is 24.1 Å². The molecule has 24 heavy (non-hydrogen) atoms. The quantitative estimate of drug-likeness (QED) is 0.890. The molecule has 0 amide bonds. The Kier molecular flexibility index (Phi) is 4.38. The van der Waals surface area contributed by atoms with Crippen molar-refractivity contribution in [1.29, 1.82) is 0 Å². The Labute approximate surface area is 138 Å². The molecule has 3 rings (SSSR count). The monoisotopic (exact) mass is 333 g/mol. The second-order valence-corrected chi connectivity index (χ2v) is 6.26. The normalized spacial score (nSPS) is 21.3. The zero-order valence-electron chi connectivity index (χ0n) is 13.6. The molecule has 0 unspecified atom stereocenters. The van der Waals surface area contributed by atoms with Gasteiger partial charge in [-0.25, -0.2) is 9.18 Å². The van der Waals surface area contributed by atoms with Gasteiger partial charge in [0, 0.05) is 45.0 Å². The third-order valence-electron chi connectivity index (χ3n) is 4.61. The summed E-state index contributed by atoms with van der Waals surface area (Å²) in [5, 5.41) is 10.0. The average Bonchev–Trinajstić information content (AvgIpc) is 2.91. The summed E-state index contributed by atoms with van der Waals surface area (Å²) in [5.41, 5.74) is 0.591. The summed E-state index contributed by atoms with van der Waals surface area (Å²) in [4.78, 5) is 25.9. The highest BCUT2D eigenvalue weighted by molar-refractivity contribution is 5.22. The summed E-state index contributed by atoms with van der Waals surface area (Å²) in [7, 11) is 3.05. The highest BCUT2D eigenvalue weighted by Crippen LogP contribution is 2.33. The summed E-state index contributed by atoms with van der Waals surface area (Å²) in [6.07, 6.45) is -0.0377. The largest absolute Gasteiger partial charge is 0.392 e. The van der Waals surface area contributed by atoms with E-state index in [0.717, 1.165) is 10.1 Å². The first-order valence-corrected chi connectivity index (χ1v) is 7.80. The maximum Gasteiger partial charge on any atom is 0.330 e. The van der Waals surface area contributed by atoms with Crippen LogP contribution in [0.15, 0.2) is 39.9 Å². The molecule has 1 aliphatic rings. The van der Waals surface area contributed by atoms with Gasteiger partial charge in [-0.15, -0.1) is 0 Å². The van der Waals surface area contributed by atoms with Crippen LogP contribution in [0.1, 0.15) is 23.7 Å². The molecule has 128 valence electrons. The van der Waals surface area contributed by atoms with Gasteiger partial charge in [0.25, 0.3) is 5.56 Å². The van der Waals surface area contributed by atoms with E-state index in [4.69, 9.17) is 0 Å². The number of aromatic nitrogens is 2. The zero-order valence-corrected chi connectivity index (χ0v) is 13.6. The molecule has 0 aliphatic carbocycles. The highest BCUT2D eigenvalue weighted by Gasteiger charge is 2.32. The molecule has 6 nitrogen and oxygen atoms in total. The molecular weight excluding hydrogens is 313 g/mol. The van der Waals surface area contributed by atoms with Gasteiger partial charge >= 0.3 is 5.69 Å². The van der Waals surface area contributed by atoms with Crippen LogP contribution in [0.25, 0.3) is 0 Å². The highest BCUT2D eigenvalue weighted by atomic mass is 19.1. The van der Waals surface area contributed by atoms with Gasteiger partial charge in [0.2, 0.25) is 0 Å². The maximum atomic E-state index is 13.5. The van der Waals surface area contributed by atoms with E-state index in [1.54, 1.807) is 13.1 Å². The number of halogens is 1. The minimum atomic E-state index is -0.526. The van der Waals surface area contributed by atoms with Gasteiger partial charge < -0.3 is 5.11 Å². The second kappa shape index (κ2) is 6.33. The lowest BCUT2D eigenvalue weighted by Crippen LogP contribution is -2.39. The van der Waals surface area contributed by atoms with Gasteiger partial charge in [0.15, 0.2) is 0 Å². The van der Waals surface area contributed by atoms with Crippen LogP contribution in [-0.4, -0.2) is 31.8 Å². The number of aliphatic hydroxyl groups is 1. The lowest BCUT2D eigenvalue weighted by atomic mass is 10.0. The van der Waals surface area contributed by atoms with Crippen molar-refractivity contribution in [1.82, 2.24) is 14.0 Å². The summed E-state index contributed by atoms with van der Waals surface area (Å²) in [6.45, 7) is 0.741. The molecule has 0 saturated carbocycles. The number of likely N-dealkylation sites (tertiary alicyclic amines) is 1. The molecule has 0 radical (unpaired) electrons. The Morgan fingerprint density at radius 1 is 1.21 bits per heavy atom. The Hall–Kier alpha value is -2.25. The van der Waals surface area contributed by atoms with Crippen LogP contribution >= 0.6 is 0 Å². The van der Waals surface area contributed by atoms with Crippen molar-refractivity contribution < 1.29 is 9.50 Å². The van der Waals surface area contributed by atoms with E-state index in [1.807, 2.05) is 11.0 Å². The molecule has 7 heteroatoms. The SMILES string of the molecule is Cn1c(CN2C[C@@H](O)C[C@@H]2c2cccc(F)c2)cc(=O)n(C)c1=O. The lowest BCUT2D eigenvalue weighted by molar-refractivity contribution is 0.171. The fourth-order valence-corrected chi connectivity index (χ4v) is 3.25. The van der Waals surface area contributed by atoms with Crippen LogP contribution in [0.3, 0.4) is 0 Å². The number of nitrogens with zero attached hydrogens (tertiary/aromatic N) is 3. The molecule has 2 atom stereocenters. The molecule has 1 aromatic heterocycles. The fourth-order valence-electron chi connectivity index (χ4n) is 3.25. The zero-order chi connectivity index (χ0) is 17.4. The first-order valence-electron chi connectivity index (χ1n) is 7.80. The molecule has 1 fully saturated rings. The van der Waals surface area contributed by atoms with Crippen molar-refractivity contribution in [2.75, 3.05) is 6.54 Å². The predicted molar refractivity (Wildman–Crippen MR) is 87.1 cm³/mol. The van der Waals surface area contributed by atoms with Crippen LogP contribution < -0.4 is 11.2 Å². The molecule has 1 aliphatic heterocycles. The number of hydrogen-bond donors (Lipinski definition) is 1. The van der Waals surface area contributed by atoms with Crippen LogP contribution in [0.4, 0.5) is 4.39 Å². The molecule has 1 aromatic carbocycles. The Bertz CT molecular complexity index is 874. The van der Waals surface area contributed by atoms with Crippen molar-refractivity contribution in [2.45, 2.75) is 25.1 Å². The van der Waals surface area contributed by atoms with E-state index in [2.05, 4.69) is 0 Å². The van der Waals surface area contributed by atoms with Crippen molar-refractivity contribution in [3.63, 3.8) is 0 Å². The van der Waals surface area contributed by atoms with Gasteiger partial charge in [-0.3, -0.25) is 18.8 Å². The Balaban J connectivity index is 1.94. The molecule has 1 N–H and O–H groups in total. The Morgan fingerprint density at radius 2 is 1.96 bits per heavy atom. The van der Waals surface area contributed by atoms with Crippen LogP contribution in [0.2, 0.25) is 0 Å². The van der Waals surface area contributed by atoms with Crippen molar-refractivity contribution >= 4 is 0 Å². The summed E-state index contributed by atoms with van der Waals surface area (Å²) in [6, 6.07) is 7.57. The van der Waals surface area contributed by atoms with E-state index in [9.17, 15) is 19.1 Å². The van der Waals surface area contributed by atoms with Crippen LogP contribution in [0.5, 0.6) is 0 Å². The molecule has 2 aromatic rings. The number of hydrogen-bond acceptors (Lipinski definition) is 4. The van der Waals surface area contributed by atoms with Crippen molar-refractivity contribution in [3.8, 4) is 0 Å². The van der Waals surface area contributed by atoms with Gasteiger partial charge in [0.1, 0.15) is 5.82 Å². The van der Waals surface area contributed by atoms with Crippen LogP contribution in [-0.2, 0) is 20.6 Å². The topological polar surface area (TPSA) is 67.5 Å². The molecule has 0 bridgehead atoms. The summed E-state index contributed by atoms with van der Waals surface area (Å²) in [5.74, 6) is -0.324. The van der Waals surface area contributed by atoms with Crippen molar-refractivity contribution in [3.05, 3.63) is 68.2 Å². The molecule has 1 saturated heterocycles. The predicted octanol–water partition coefficient (Wildman–Crippen LogP) is 0.531. The molecular formula is C17H20FN3O3. The van der Waals surface area contributed by atoms with E-state index in [0.29, 0.717) is 25.2 Å². The van der Waals surface area contributed by atoms with E-state index in [1.165, 1.54) is 29.8 Å². The lowest BCUT2D eigenvalue weighted by Gasteiger charge is -2.25. The van der Waals surface area contributed by atoms with Gasteiger partial charge in [0.05, 0.1) is 6.10 Å². The smallest absolute Gasteiger partial charge is 0.330 e. The summed E-state index contributed by atoms with van der Waals surface area (Å²) < 4.78 is 16.0. The number of rotatable bonds is 3. The first kappa shape index (κ1) is 16.6.